The summed E-state index contributed by atoms with van der Waals surface area (Å²) in [5.41, 5.74) is 7.27. The fourth-order valence-electron chi connectivity index (χ4n) is 1.97. The fraction of sp³-hybridized carbons (Fsp3) is 0.667. The smallest absolute Gasteiger partial charge is 0.127 e. The van der Waals surface area contributed by atoms with E-state index in [0.717, 1.165) is 17.9 Å². The van der Waals surface area contributed by atoms with Gasteiger partial charge in [-0.15, -0.1) is 6.42 Å². The minimum Gasteiger partial charge on any atom is -0.384 e. The highest BCUT2D eigenvalue weighted by atomic mass is 15.1. The summed E-state index contributed by atoms with van der Waals surface area (Å²) in [4.78, 5) is 4.73. The molecule has 0 saturated heterocycles. The lowest BCUT2D eigenvalue weighted by atomic mass is 9.90. The van der Waals surface area contributed by atoms with Crippen LogP contribution in [-0.4, -0.2) is 9.55 Å². The van der Waals surface area contributed by atoms with E-state index in [0.29, 0.717) is 12.4 Å². The summed E-state index contributed by atoms with van der Waals surface area (Å²) in [6, 6.07) is 0. The van der Waals surface area contributed by atoms with Crippen LogP contribution in [0.4, 0.5) is 5.82 Å². The molecule has 2 N–H and O–H groups in total. The van der Waals surface area contributed by atoms with Gasteiger partial charge in [-0.05, 0) is 11.8 Å². The van der Waals surface area contributed by atoms with Crippen LogP contribution < -0.4 is 5.73 Å². The van der Waals surface area contributed by atoms with Crippen molar-refractivity contribution in [3.8, 4) is 12.3 Å². The Morgan fingerprint density at radius 2 is 1.78 bits per heavy atom. The number of anilines is 1. The van der Waals surface area contributed by atoms with Gasteiger partial charge in [0.15, 0.2) is 0 Å². The van der Waals surface area contributed by atoms with E-state index in [9.17, 15) is 0 Å². The minimum absolute atomic E-state index is 0.0545. The molecule has 0 aliphatic carbocycles. The van der Waals surface area contributed by atoms with E-state index in [-0.39, 0.29) is 10.8 Å². The van der Waals surface area contributed by atoms with Crippen molar-refractivity contribution in [3.05, 3.63) is 11.5 Å². The van der Waals surface area contributed by atoms with Gasteiger partial charge in [0.1, 0.15) is 11.6 Å². The Morgan fingerprint density at radius 3 is 2.17 bits per heavy atom. The summed E-state index contributed by atoms with van der Waals surface area (Å²) in [6.07, 6.45) is 6.28. The number of imidazole rings is 1. The van der Waals surface area contributed by atoms with Gasteiger partial charge >= 0.3 is 0 Å². The van der Waals surface area contributed by atoms with Crippen LogP contribution in [-0.2, 0) is 18.4 Å². The molecular weight excluding hydrogens is 222 g/mol. The van der Waals surface area contributed by atoms with Gasteiger partial charge < -0.3 is 10.3 Å². The summed E-state index contributed by atoms with van der Waals surface area (Å²) >= 11 is 0. The first kappa shape index (κ1) is 14.6. The van der Waals surface area contributed by atoms with E-state index < -0.39 is 0 Å². The van der Waals surface area contributed by atoms with E-state index in [1.807, 2.05) is 4.57 Å². The molecule has 3 nitrogen and oxygen atoms in total. The maximum Gasteiger partial charge on any atom is 0.127 e. The third kappa shape index (κ3) is 3.29. The Morgan fingerprint density at radius 1 is 1.22 bits per heavy atom. The molecule has 0 bridgehead atoms. The number of rotatable bonds is 2. The SMILES string of the molecule is C#CCn1c(C(C)(C)C)nc(CC(C)(C)C)c1N. The van der Waals surface area contributed by atoms with Crippen LogP contribution >= 0.6 is 0 Å². The molecule has 3 heteroatoms. The zero-order valence-corrected chi connectivity index (χ0v) is 12.5. The summed E-state index contributed by atoms with van der Waals surface area (Å²) in [7, 11) is 0. The van der Waals surface area contributed by atoms with Crippen LogP contribution in [0.3, 0.4) is 0 Å². The Bertz CT molecular complexity index is 462. The molecule has 1 rings (SSSR count). The number of nitrogen functional groups attached to an aromatic ring is 1. The van der Waals surface area contributed by atoms with Gasteiger partial charge in [0.25, 0.3) is 0 Å². The molecule has 100 valence electrons. The highest BCUT2D eigenvalue weighted by Gasteiger charge is 2.26. The quantitative estimate of drug-likeness (QED) is 0.816. The predicted molar refractivity (Wildman–Crippen MR) is 77.3 cm³/mol. The van der Waals surface area contributed by atoms with Gasteiger partial charge in [0.05, 0.1) is 12.2 Å². The summed E-state index contributed by atoms with van der Waals surface area (Å²) in [5.74, 6) is 4.34. The van der Waals surface area contributed by atoms with E-state index >= 15 is 0 Å². The summed E-state index contributed by atoms with van der Waals surface area (Å²) < 4.78 is 1.96. The third-order valence-corrected chi connectivity index (χ3v) is 2.70. The number of aromatic nitrogens is 2. The first-order valence-corrected chi connectivity index (χ1v) is 6.35. The van der Waals surface area contributed by atoms with Crippen molar-refractivity contribution < 1.29 is 0 Å². The first-order chi connectivity index (χ1) is 8.06. The molecule has 1 heterocycles. The van der Waals surface area contributed by atoms with Crippen molar-refractivity contribution in [2.75, 3.05) is 5.73 Å². The molecule has 0 aliphatic rings. The number of nitrogens with two attached hydrogens (primary N) is 1. The second kappa shape index (κ2) is 4.68. The summed E-state index contributed by atoms with van der Waals surface area (Å²) in [5, 5.41) is 0. The van der Waals surface area contributed by atoms with Gasteiger partial charge in [0, 0.05) is 5.41 Å². The molecule has 0 unspecified atom stereocenters. The molecule has 0 aromatic carbocycles. The highest BCUT2D eigenvalue weighted by molar-refractivity contribution is 5.41. The number of terminal acetylenes is 1. The van der Waals surface area contributed by atoms with E-state index in [2.05, 4.69) is 47.5 Å². The molecule has 0 spiro atoms. The molecule has 1 aromatic heterocycles. The van der Waals surface area contributed by atoms with Crippen molar-refractivity contribution in [3.63, 3.8) is 0 Å². The van der Waals surface area contributed by atoms with Crippen molar-refractivity contribution in [1.82, 2.24) is 9.55 Å². The highest BCUT2D eigenvalue weighted by Crippen LogP contribution is 2.29. The van der Waals surface area contributed by atoms with Crippen molar-refractivity contribution in [2.24, 2.45) is 5.41 Å². The molecule has 0 aliphatic heterocycles. The molecule has 0 atom stereocenters. The maximum absolute atomic E-state index is 6.20. The van der Waals surface area contributed by atoms with Gasteiger partial charge in [-0.3, -0.25) is 0 Å². The van der Waals surface area contributed by atoms with Crippen LogP contribution in [0.2, 0.25) is 0 Å². The Kier molecular flexibility index (Phi) is 3.81. The van der Waals surface area contributed by atoms with Gasteiger partial charge in [-0.2, -0.15) is 0 Å². The maximum atomic E-state index is 6.20. The minimum atomic E-state index is -0.0545. The average Bonchev–Trinajstić information content (AvgIpc) is 2.43. The lowest BCUT2D eigenvalue weighted by Gasteiger charge is -2.19. The Balaban J connectivity index is 3.29. The van der Waals surface area contributed by atoms with Gasteiger partial charge in [0.2, 0.25) is 0 Å². The largest absolute Gasteiger partial charge is 0.384 e. The molecule has 1 aromatic rings. The second-order valence-electron chi connectivity index (χ2n) is 7.05. The van der Waals surface area contributed by atoms with Gasteiger partial charge in [-0.1, -0.05) is 47.5 Å². The van der Waals surface area contributed by atoms with Crippen LogP contribution in [0.5, 0.6) is 0 Å². The van der Waals surface area contributed by atoms with E-state index in [1.165, 1.54) is 0 Å². The lowest BCUT2D eigenvalue weighted by Crippen LogP contribution is -2.19. The third-order valence-electron chi connectivity index (χ3n) is 2.70. The Labute approximate surface area is 111 Å². The zero-order chi connectivity index (χ0) is 14.1. The lowest BCUT2D eigenvalue weighted by molar-refractivity contribution is 0.406. The topological polar surface area (TPSA) is 43.8 Å². The van der Waals surface area contributed by atoms with Crippen LogP contribution in [0.1, 0.15) is 53.1 Å². The zero-order valence-electron chi connectivity index (χ0n) is 12.5. The fourth-order valence-corrected chi connectivity index (χ4v) is 1.97. The van der Waals surface area contributed by atoms with Gasteiger partial charge in [-0.25, -0.2) is 4.98 Å². The second-order valence-corrected chi connectivity index (χ2v) is 7.05. The molecule has 0 fully saturated rings. The molecule has 0 saturated carbocycles. The van der Waals surface area contributed by atoms with Crippen LogP contribution in [0.25, 0.3) is 0 Å². The molecule has 18 heavy (non-hydrogen) atoms. The number of hydrogen-bond acceptors (Lipinski definition) is 2. The van der Waals surface area contributed by atoms with Crippen molar-refractivity contribution in [1.29, 1.82) is 0 Å². The van der Waals surface area contributed by atoms with Crippen molar-refractivity contribution >= 4 is 5.82 Å². The normalized spacial score (nSPS) is 12.5. The average molecular weight is 247 g/mol. The van der Waals surface area contributed by atoms with E-state index in [1.54, 1.807) is 0 Å². The van der Waals surface area contributed by atoms with E-state index in [4.69, 9.17) is 17.1 Å². The Hall–Kier alpha value is -1.43. The molecule has 0 amide bonds. The number of nitrogens with zero attached hydrogens (tertiary/aromatic N) is 2. The molecular formula is C15H25N3. The number of hydrogen-bond donors (Lipinski definition) is 1. The standard InChI is InChI=1S/C15H25N3/c1-8-9-18-12(16)11(10-14(2,3)4)17-13(18)15(5,6)7/h1H,9-10,16H2,2-7H3. The van der Waals surface area contributed by atoms with Crippen molar-refractivity contribution in [2.45, 2.75) is 59.9 Å². The predicted octanol–water partition coefficient (Wildman–Crippen LogP) is 2.98. The monoisotopic (exact) mass is 247 g/mol. The van der Waals surface area contributed by atoms with Crippen LogP contribution in [0.15, 0.2) is 0 Å². The summed E-state index contributed by atoms with van der Waals surface area (Å²) in [6.45, 7) is 13.4. The van der Waals surface area contributed by atoms with Crippen LogP contribution in [0, 0.1) is 17.8 Å². The molecule has 0 radical (unpaired) electrons. The first-order valence-electron chi connectivity index (χ1n) is 6.35.